The first-order chi connectivity index (χ1) is 11.2. The first-order valence-corrected chi connectivity index (χ1v) is 8.54. The topological polar surface area (TPSA) is 43.0 Å². The zero-order valence-electron chi connectivity index (χ0n) is 14.6. The normalized spacial score (nSPS) is 15.8. The molecule has 0 atom stereocenters. The molecule has 1 aliphatic heterocycles. The van der Waals surface area contributed by atoms with Crippen LogP contribution in [0, 0.1) is 0 Å². The molecule has 5 heteroatoms. The van der Waals surface area contributed by atoms with Gasteiger partial charge in [0.25, 0.3) is 0 Å². The number of morpholine rings is 1. The summed E-state index contributed by atoms with van der Waals surface area (Å²) >= 11 is 0. The minimum atomic E-state index is 0.131. The van der Waals surface area contributed by atoms with E-state index in [9.17, 15) is 0 Å². The molecule has 1 saturated heterocycles. The second-order valence-corrected chi connectivity index (χ2v) is 6.10. The molecular formula is C18H30N2O3. The average molecular weight is 322 g/mol. The van der Waals surface area contributed by atoms with E-state index in [0.29, 0.717) is 0 Å². The molecule has 0 aliphatic carbocycles. The van der Waals surface area contributed by atoms with E-state index in [2.05, 4.69) is 16.3 Å². The molecule has 0 aromatic heterocycles. The van der Waals surface area contributed by atoms with Gasteiger partial charge in [-0.2, -0.15) is 0 Å². The van der Waals surface area contributed by atoms with Gasteiger partial charge in [0.2, 0.25) is 0 Å². The van der Waals surface area contributed by atoms with Crippen LogP contribution in [-0.4, -0.2) is 57.5 Å². The van der Waals surface area contributed by atoms with Crippen molar-refractivity contribution in [1.29, 1.82) is 0 Å². The molecule has 5 nitrogen and oxygen atoms in total. The molecule has 0 bridgehead atoms. The Morgan fingerprint density at radius 3 is 2.74 bits per heavy atom. The molecular weight excluding hydrogens is 292 g/mol. The van der Waals surface area contributed by atoms with Gasteiger partial charge in [-0.15, -0.1) is 0 Å². The highest BCUT2D eigenvalue weighted by Gasteiger charge is 2.12. The molecule has 1 aromatic rings. The Kier molecular flexibility index (Phi) is 7.65. The lowest BCUT2D eigenvalue weighted by atomic mass is 10.1. The van der Waals surface area contributed by atoms with Crippen molar-refractivity contribution in [2.24, 2.45) is 0 Å². The molecule has 23 heavy (non-hydrogen) atoms. The standard InChI is InChI=1S/C18H30N2O3/c1-15(2)23-18-16(6-4-7-17(18)21-3)14-19-8-5-9-20-10-12-22-13-11-20/h4,6-7,15,19H,5,8-14H2,1-3H3. The van der Waals surface area contributed by atoms with E-state index < -0.39 is 0 Å². The molecule has 1 heterocycles. The van der Waals surface area contributed by atoms with Crippen LogP contribution in [0.4, 0.5) is 0 Å². The highest BCUT2D eigenvalue weighted by atomic mass is 16.5. The van der Waals surface area contributed by atoms with Crippen molar-refractivity contribution in [3.8, 4) is 11.5 Å². The minimum Gasteiger partial charge on any atom is -0.493 e. The lowest BCUT2D eigenvalue weighted by Gasteiger charge is -2.26. The SMILES string of the molecule is COc1cccc(CNCCCN2CCOCC2)c1OC(C)C. The summed E-state index contributed by atoms with van der Waals surface area (Å²) in [6, 6.07) is 6.05. The van der Waals surface area contributed by atoms with E-state index in [1.807, 2.05) is 26.0 Å². The van der Waals surface area contributed by atoms with Crippen molar-refractivity contribution in [1.82, 2.24) is 10.2 Å². The Bertz CT molecular complexity index is 460. The van der Waals surface area contributed by atoms with Crippen molar-refractivity contribution in [2.45, 2.75) is 32.9 Å². The van der Waals surface area contributed by atoms with E-state index in [1.165, 1.54) is 0 Å². The average Bonchev–Trinajstić information content (AvgIpc) is 2.56. The smallest absolute Gasteiger partial charge is 0.166 e. The summed E-state index contributed by atoms with van der Waals surface area (Å²) in [5.74, 6) is 1.65. The second-order valence-electron chi connectivity index (χ2n) is 6.10. The van der Waals surface area contributed by atoms with Crippen LogP contribution in [0.25, 0.3) is 0 Å². The summed E-state index contributed by atoms with van der Waals surface area (Å²) in [5, 5.41) is 3.51. The van der Waals surface area contributed by atoms with Crippen LogP contribution in [0.1, 0.15) is 25.8 Å². The Labute approximate surface area is 139 Å². The third-order valence-corrected chi connectivity index (χ3v) is 3.88. The highest BCUT2D eigenvalue weighted by Crippen LogP contribution is 2.31. The van der Waals surface area contributed by atoms with E-state index >= 15 is 0 Å². The summed E-state index contributed by atoms with van der Waals surface area (Å²) in [7, 11) is 1.68. The van der Waals surface area contributed by atoms with Gasteiger partial charge in [0, 0.05) is 25.2 Å². The number of hydrogen-bond donors (Lipinski definition) is 1. The molecule has 0 radical (unpaired) electrons. The van der Waals surface area contributed by atoms with Crippen LogP contribution in [0.2, 0.25) is 0 Å². The van der Waals surface area contributed by atoms with E-state index in [0.717, 1.165) is 69.4 Å². The molecule has 1 N–H and O–H groups in total. The van der Waals surface area contributed by atoms with Gasteiger partial charge in [-0.25, -0.2) is 0 Å². The number of benzene rings is 1. The van der Waals surface area contributed by atoms with Crippen molar-refractivity contribution >= 4 is 0 Å². The molecule has 0 spiro atoms. The summed E-state index contributed by atoms with van der Waals surface area (Å²) in [5.41, 5.74) is 1.14. The second kappa shape index (κ2) is 9.75. The summed E-state index contributed by atoms with van der Waals surface area (Å²) in [4.78, 5) is 2.46. The zero-order chi connectivity index (χ0) is 16.5. The fraction of sp³-hybridized carbons (Fsp3) is 0.667. The molecule has 130 valence electrons. The number of nitrogens with one attached hydrogen (secondary N) is 1. The van der Waals surface area contributed by atoms with Gasteiger partial charge in [0.1, 0.15) is 0 Å². The minimum absolute atomic E-state index is 0.131. The van der Waals surface area contributed by atoms with Crippen LogP contribution in [-0.2, 0) is 11.3 Å². The van der Waals surface area contributed by atoms with Gasteiger partial charge in [0.15, 0.2) is 11.5 Å². The van der Waals surface area contributed by atoms with Gasteiger partial charge in [-0.05, 0) is 39.4 Å². The number of rotatable bonds is 9. The number of ether oxygens (including phenoxy) is 3. The Balaban J connectivity index is 1.78. The molecule has 2 rings (SSSR count). The number of para-hydroxylation sites is 1. The van der Waals surface area contributed by atoms with Crippen LogP contribution in [0.3, 0.4) is 0 Å². The quantitative estimate of drug-likeness (QED) is 0.707. The predicted molar refractivity (Wildman–Crippen MR) is 92.3 cm³/mol. The van der Waals surface area contributed by atoms with Gasteiger partial charge in [0.05, 0.1) is 26.4 Å². The van der Waals surface area contributed by atoms with Crippen LogP contribution in [0.5, 0.6) is 11.5 Å². The van der Waals surface area contributed by atoms with Gasteiger partial charge in [-0.3, -0.25) is 4.90 Å². The number of nitrogens with zero attached hydrogens (tertiary/aromatic N) is 1. The highest BCUT2D eigenvalue weighted by molar-refractivity contribution is 5.46. The van der Waals surface area contributed by atoms with Crippen molar-refractivity contribution in [3.05, 3.63) is 23.8 Å². The third-order valence-electron chi connectivity index (χ3n) is 3.88. The largest absolute Gasteiger partial charge is 0.493 e. The van der Waals surface area contributed by atoms with Crippen LogP contribution in [0.15, 0.2) is 18.2 Å². The first kappa shape index (κ1) is 18.0. The third kappa shape index (κ3) is 6.01. The van der Waals surface area contributed by atoms with E-state index in [1.54, 1.807) is 7.11 Å². The lowest BCUT2D eigenvalue weighted by molar-refractivity contribution is 0.0374. The van der Waals surface area contributed by atoms with Crippen molar-refractivity contribution in [2.75, 3.05) is 46.5 Å². The van der Waals surface area contributed by atoms with Gasteiger partial charge in [-0.1, -0.05) is 12.1 Å². The maximum atomic E-state index is 5.93. The molecule has 1 fully saturated rings. The Morgan fingerprint density at radius 2 is 2.04 bits per heavy atom. The Morgan fingerprint density at radius 1 is 1.26 bits per heavy atom. The first-order valence-electron chi connectivity index (χ1n) is 8.54. The lowest BCUT2D eigenvalue weighted by Crippen LogP contribution is -2.37. The monoisotopic (exact) mass is 322 g/mol. The number of methoxy groups -OCH3 is 1. The van der Waals surface area contributed by atoms with E-state index in [-0.39, 0.29) is 6.10 Å². The fourth-order valence-corrected chi connectivity index (χ4v) is 2.71. The predicted octanol–water partition coefficient (Wildman–Crippen LogP) is 2.29. The van der Waals surface area contributed by atoms with Crippen LogP contribution < -0.4 is 14.8 Å². The number of hydrogen-bond acceptors (Lipinski definition) is 5. The van der Waals surface area contributed by atoms with Gasteiger partial charge >= 0.3 is 0 Å². The molecule has 0 saturated carbocycles. The fourth-order valence-electron chi connectivity index (χ4n) is 2.71. The molecule has 1 aromatic carbocycles. The molecule has 0 amide bonds. The molecule has 1 aliphatic rings. The zero-order valence-corrected chi connectivity index (χ0v) is 14.6. The summed E-state index contributed by atoms with van der Waals surface area (Å²) in [6.45, 7) is 10.8. The van der Waals surface area contributed by atoms with Crippen LogP contribution >= 0.6 is 0 Å². The summed E-state index contributed by atoms with van der Waals surface area (Å²) < 4.78 is 16.7. The van der Waals surface area contributed by atoms with E-state index in [4.69, 9.17) is 14.2 Å². The maximum Gasteiger partial charge on any atom is 0.166 e. The summed E-state index contributed by atoms with van der Waals surface area (Å²) in [6.07, 6.45) is 1.27. The Hall–Kier alpha value is -1.30. The van der Waals surface area contributed by atoms with Gasteiger partial charge < -0.3 is 19.5 Å². The maximum absolute atomic E-state index is 5.93. The van der Waals surface area contributed by atoms with Crippen molar-refractivity contribution in [3.63, 3.8) is 0 Å². The molecule has 0 unspecified atom stereocenters. The van der Waals surface area contributed by atoms with Crippen molar-refractivity contribution < 1.29 is 14.2 Å².